The molecule has 12 heavy (non-hydrogen) atoms. The van der Waals surface area contributed by atoms with Crippen LogP contribution in [-0.2, 0) is 0 Å². The second kappa shape index (κ2) is 2.48. The number of rotatable bonds is 0. The number of aromatic nitrogens is 1. The zero-order valence-electron chi connectivity index (χ0n) is 6.72. The molecule has 0 bridgehead atoms. The zero-order valence-corrected chi connectivity index (χ0v) is 6.72. The molecular weight excluding hydrogens is 150 g/mol. The van der Waals surface area contributed by atoms with Crippen molar-refractivity contribution in [2.24, 2.45) is 0 Å². The number of aromatic amines is 1. The predicted molar refractivity (Wildman–Crippen MR) is 48.1 cm³/mol. The van der Waals surface area contributed by atoms with E-state index in [0.29, 0.717) is 0 Å². The van der Waals surface area contributed by atoms with Gasteiger partial charge in [-0.05, 0) is 18.6 Å². The molecule has 1 heterocycles. The quantitative estimate of drug-likeness (QED) is 0.621. The van der Waals surface area contributed by atoms with E-state index in [1.165, 1.54) is 0 Å². The van der Waals surface area contributed by atoms with Gasteiger partial charge in [0.25, 0.3) is 5.56 Å². The fourth-order valence-electron chi connectivity index (χ4n) is 1.31. The summed E-state index contributed by atoms with van der Waals surface area (Å²) in [5.74, 6) is 0. The van der Waals surface area contributed by atoms with E-state index in [2.05, 4.69) is 11.1 Å². The summed E-state index contributed by atoms with van der Waals surface area (Å²) in [6, 6.07) is 10.4. The van der Waals surface area contributed by atoms with Gasteiger partial charge in [-0.1, -0.05) is 18.2 Å². The minimum absolute atomic E-state index is 0.161. The van der Waals surface area contributed by atoms with Crippen LogP contribution in [-0.4, -0.2) is 4.98 Å². The highest BCUT2D eigenvalue weighted by Crippen LogP contribution is 2.11. The lowest BCUT2D eigenvalue weighted by Gasteiger charge is -1.98. The molecule has 0 fully saturated rings. The molecule has 2 rings (SSSR count). The van der Waals surface area contributed by atoms with Gasteiger partial charge >= 0.3 is 0 Å². The molecule has 2 aromatic rings. The van der Waals surface area contributed by atoms with E-state index < -0.39 is 0 Å². The Morgan fingerprint density at radius 2 is 2.08 bits per heavy atom. The number of pyridine rings is 1. The SMILES string of the molecule is Cc1[c]c(=O)[nH]c2ccccc12. The molecule has 0 amide bonds. The van der Waals surface area contributed by atoms with Crippen LogP contribution in [0.3, 0.4) is 0 Å². The Kier molecular flexibility index (Phi) is 1.47. The van der Waals surface area contributed by atoms with Crippen LogP contribution in [0.1, 0.15) is 5.56 Å². The molecule has 1 aromatic heterocycles. The minimum Gasteiger partial charge on any atom is -0.321 e. The summed E-state index contributed by atoms with van der Waals surface area (Å²) in [7, 11) is 0. The maximum Gasteiger partial charge on any atom is 0.256 e. The van der Waals surface area contributed by atoms with Gasteiger partial charge < -0.3 is 4.98 Å². The number of H-pyrrole nitrogens is 1. The standard InChI is InChI=1S/C10H8NO/c1-7-6-10(12)11-9-5-3-2-4-8(7)9/h2-5H,1H3,(H,11,12). The van der Waals surface area contributed by atoms with Gasteiger partial charge in [-0.2, -0.15) is 0 Å². The summed E-state index contributed by atoms with van der Waals surface area (Å²) in [4.78, 5) is 13.7. The summed E-state index contributed by atoms with van der Waals surface area (Å²) in [5, 5.41) is 1.05. The van der Waals surface area contributed by atoms with E-state index in [4.69, 9.17) is 0 Å². The van der Waals surface area contributed by atoms with E-state index in [9.17, 15) is 4.79 Å². The first-order chi connectivity index (χ1) is 5.77. The van der Waals surface area contributed by atoms with Crippen LogP contribution in [0.5, 0.6) is 0 Å². The van der Waals surface area contributed by atoms with E-state index >= 15 is 0 Å². The monoisotopic (exact) mass is 158 g/mol. The van der Waals surface area contributed by atoms with E-state index in [1.807, 2.05) is 31.2 Å². The lowest BCUT2D eigenvalue weighted by atomic mass is 10.1. The summed E-state index contributed by atoms with van der Waals surface area (Å²) < 4.78 is 0. The second-order valence-electron chi connectivity index (χ2n) is 2.75. The number of nitrogens with one attached hydrogen (secondary N) is 1. The van der Waals surface area contributed by atoms with Gasteiger partial charge in [-0.15, -0.1) is 0 Å². The third-order valence-corrected chi connectivity index (χ3v) is 1.88. The molecule has 0 unspecified atom stereocenters. The van der Waals surface area contributed by atoms with Gasteiger partial charge in [0.05, 0.1) is 6.07 Å². The van der Waals surface area contributed by atoms with E-state index in [-0.39, 0.29) is 5.56 Å². The fraction of sp³-hybridized carbons (Fsp3) is 0.100. The van der Waals surface area contributed by atoms with Crippen LogP contribution in [0.15, 0.2) is 29.1 Å². The first-order valence-corrected chi connectivity index (χ1v) is 3.78. The van der Waals surface area contributed by atoms with Crippen LogP contribution < -0.4 is 5.56 Å². The highest BCUT2D eigenvalue weighted by Gasteiger charge is 1.96. The summed E-state index contributed by atoms with van der Waals surface area (Å²) in [6.45, 7) is 1.89. The Bertz CT molecular complexity index is 470. The lowest BCUT2D eigenvalue weighted by molar-refractivity contribution is 1.27. The molecule has 1 aromatic carbocycles. The molecule has 0 aliphatic carbocycles. The maximum absolute atomic E-state index is 11.0. The van der Waals surface area contributed by atoms with Gasteiger partial charge in [-0.3, -0.25) is 4.79 Å². The van der Waals surface area contributed by atoms with Gasteiger partial charge in [0, 0.05) is 10.9 Å². The van der Waals surface area contributed by atoms with Crippen molar-refractivity contribution in [1.29, 1.82) is 0 Å². The molecule has 0 spiro atoms. The zero-order chi connectivity index (χ0) is 8.55. The molecular formula is C10H8NO. The Morgan fingerprint density at radius 3 is 2.92 bits per heavy atom. The molecule has 0 aliphatic heterocycles. The van der Waals surface area contributed by atoms with Crippen molar-refractivity contribution in [3.63, 3.8) is 0 Å². The molecule has 0 atom stereocenters. The number of para-hydroxylation sites is 1. The highest BCUT2D eigenvalue weighted by molar-refractivity contribution is 5.81. The fourth-order valence-corrected chi connectivity index (χ4v) is 1.31. The Balaban J connectivity index is 2.99. The molecule has 0 saturated heterocycles. The van der Waals surface area contributed by atoms with Crippen molar-refractivity contribution in [3.8, 4) is 0 Å². The third kappa shape index (κ3) is 1.01. The van der Waals surface area contributed by atoms with Crippen molar-refractivity contribution in [2.45, 2.75) is 6.92 Å². The van der Waals surface area contributed by atoms with E-state index in [0.717, 1.165) is 16.5 Å². The number of aryl methyl sites for hydroxylation is 1. The van der Waals surface area contributed by atoms with Gasteiger partial charge in [0.2, 0.25) is 0 Å². The lowest BCUT2D eigenvalue weighted by Crippen LogP contribution is -2.05. The number of fused-ring (bicyclic) bond motifs is 1. The molecule has 59 valence electrons. The topological polar surface area (TPSA) is 32.9 Å². The number of hydrogen-bond acceptors (Lipinski definition) is 1. The molecule has 1 N–H and O–H groups in total. The van der Waals surface area contributed by atoms with Crippen molar-refractivity contribution in [2.75, 3.05) is 0 Å². The van der Waals surface area contributed by atoms with Crippen molar-refractivity contribution < 1.29 is 0 Å². The third-order valence-electron chi connectivity index (χ3n) is 1.88. The number of benzene rings is 1. The Hall–Kier alpha value is -1.57. The Labute approximate surface area is 69.9 Å². The van der Waals surface area contributed by atoms with Gasteiger partial charge in [0.15, 0.2) is 0 Å². The molecule has 0 aliphatic rings. The van der Waals surface area contributed by atoms with E-state index in [1.54, 1.807) is 0 Å². The average Bonchev–Trinajstić information content (AvgIpc) is 2.04. The molecule has 1 radical (unpaired) electrons. The second-order valence-corrected chi connectivity index (χ2v) is 2.75. The van der Waals surface area contributed by atoms with Crippen LogP contribution in [0, 0.1) is 13.0 Å². The normalized spacial score (nSPS) is 10.4. The molecule has 0 saturated carbocycles. The predicted octanol–water partition coefficient (Wildman–Crippen LogP) is 1.64. The molecule has 2 nitrogen and oxygen atoms in total. The number of hydrogen-bond donors (Lipinski definition) is 1. The van der Waals surface area contributed by atoms with Crippen molar-refractivity contribution >= 4 is 10.9 Å². The van der Waals surface area contributed by atoms with Crippen LogP contribution in [0.25, 0.3) is 10.9 Å². The van der Waals surface area contributed by atoms with Crippen molar-refractivity contribution in [1.82, 2.24) is 4.98 Å². The average molecular weight is 158 g/mol. The minimum atomic E-state index is -0.161. The van der Waals surface area contributed by atoms with Crippen LogP contribution in [0.2, 0.25) is 0 Å². The highest BCUT2D eigenvalue weighted by atomic mass is 16.1. The van der Waals surface area contributed by atoms with Gasteiger partial charge in [0.1, 0.15) is 0 Å². The first-order valence-electron chi connectivity index (χ1n) is 3.78. The summed E-state index contributed by atoms with van der Waals surface area (Å²) >= 11 is 0. The smallest absolute Gasteiger partial charge is 0.256 e. The van der Waals surface area contributed by atoms with Gasteiger partial charge in [-0.25, -0.2) is 0 Å². The maximum atomic E-state index is 11.0. The van der Waals surface area contributed by atoms with Crippen LogP contribution in [0.4, 0.5) is 0 Å². The largest absolute Gasteiger partial charge is 0.321 e. The molecule has 2 heteroatoms. The Morgan fingerprint density at radius 1 is 1.33 bits per heavy atom. The first kappa shape index (κ1) is 7.10. The summed E-state index contributed by atoms with van der Waals surface area (Å²) in [5.41, 5.74) is 1.61. The summed E-state index contributed by atoms with van der Waals surface area (Å²) in [6.07, 6.45) is 0. The van der Waals surface area contributed by atoms with Crippen molar-refractivity contribution in [3.05, 3.63) is 46.2 Å². The van der Waals surface area contributed by atoms with Crippen LogP contribution >= 0.6 is 0 Å².